The molecule has 0 N–H and O–H groups in total. The number of hydrogen-bond donors (Lipinski definition) is 0. The fourth-order valence-corrected chi connectivity index (χ4v) is 20.9. The first kappa shape index (κ1) is 62.9. The monoisotopic (exact) mass is 1380 g/mol. The molecule has 0 amide bonds. The van der Waals surface area contributed by atoms with Crippen molar-refractivity contribution < 1.29 is 0 Å². The van der Waals surface area contributed by atoms with E-state index in [9.17, 15) is 0 Å². The van der Waals surface area contributed by atoms with Gasteiger partial charge in [0.25, 0.3) is 0 Å². The Morgan fingerprint density at radius 3 is 1.96 bits per heavy atom. The standard InChI is InChI=1S/C97H79N5S2/c1-7-24-62(25-8-1)63-42-44-66(45-43-63)76-59-81(98-88(60-76)101-84-40-21-19-38-77(84)91-86(101)56-54-79-89(70-28-11-3-12-29-70)93(103-95(79)91)72-32-15-5-16-33-72)68-50-46-64(47-51-68)74-36-23-37-75(58-74)65-48-52-69(53-49-65)83-61-82(67-26-9-2-10-27-67)99-97(100-83)102-85-41-22-20-39-78(85)92-87(102)57-55-80-90(71-30-13-4-14-31-71)94(104-96(80)92)73-34-17-6-18-35-73/h1,3,5-9,11-13,15-20,22-28,30-32,34-36,38-39,41-52,54-58,60-61,69-70,72,75,78,81,85H,2,4,10,14,21,29,33,37,40,53,59H2. The van der Waals surface area contributed by atoms with Gasteiger partial charge in [0.1, 0.15) is 5.84 Å². The predicted octanol–water partition coefficient (Wildman–Crippen LogP) is 25.7. The molecule has 0 bridgehead atoms. The molecular formula is C97H79N5S2. The molecule has 7 heteroatoms. The Hall–Kier alpha value is -10.8. The van der Waals surface area contributed by atoms with Crippen molar-refractivity contribution in [2.75, 3.05) is 4.90 Å². The number of rotatable bonds is 12. The molecule has 20 rings (SSSR count). The molecule has 10 aromatic rings. The van der Waals surface area contributed by atoms with Crippen molar-refractivity contribution in [2.24, 2.45) is 10.9 Å². The van der Waals surface area contributed by atoms with Crippen molar-refractivity contribution in [3.8, 4) is 21.6 Å². The summed E-state index contributed by atoms with van der Waals surface area (Å²) in [7, 11) is 0. The number of anilines is 2. The molecule has 6 aromatic carbocycles. The summed E-state index contributed by atoms with van der Waals surface area (Å²) >= 11 is 3.99. The summed E-state index contributed by atoms with van der Waals surface area (Å²) in [4.78, 5) is 22.4. The fourth-order valence-electron chi connectivity index (χ4n) is 18.0. The molecule has 504 valence electrons. The lowest BCUT2D eigenvalue weighted by Gasteiger charge is -2.28. The third kappa shape index (κ3) is 11.2. The Balaban J connectivity index is 0.613. The molecule has 7 unspecified atom stereocenters. The molecule has 0 radical (unpaired) electrons. The van der Waals surface area contributed by atoms with Gasteiger partial charge in [-0.15, -0.1) is 22.7 Å². The Labute approximate surface area is 617 Å². The van der Waals surface area contributed by atoms with Gasteiger partial charge in [-0.3, -0.25) is 9.56 Å². The number of fused-ring (bicyclic) bond motifs is 10. The lowest BCUT2D eigenvalue weighted by Crippen LogP contribution is -2.30. The second-order valence-corrected chi connectivity index (χ2v) is 31.4. The molecule has 0 saturated carbocycles. The zero-order chi connectivity index (χ0) is 68.6. The molecule has 0 fully saturated rings. The van der Waals surface area contributed by atoms with Crippen LogP contribution in [-0.2, 0) is 6.42 Å². The summed E-state index contributed by atoms with van der Waals surface area (Å²) in [5, 5.41) is 4.10. The van der Waals surface area contributed by atoms with Crippen LogP contribution < -0.4 is 4.90 Å². The first-order chi connectivity index (χ1) is 51.6. The number of nitrogens with zero attached hydrogens (tertiary/aromatic N) is 5. The molecule has 4 aromatic heterocycles. The first-order valence-electron chi connectivity index (χ1n) is 37.8. The van der Waals surface area contributed by atoms with Crippen molar-refractivity contribution in [2.45, 2.75) is 106 Å². The van der Waals surface area contributed by atoms with Gasteiger partial charge in [-0.1, -0.05) is 279 Å². The fraction of sp³-hybridized carbons (Fsp3) is 0.186. The van der Waals surface area contributed by atoms with Crippen LogP contribution in [0.25, 0.3) is 81.0 Å². The van der Waals surface area contributed by atoms with Gasteiger partial charge in [0.2, 0.25) is 5.95 Å². The van der Waals surface area contributed by atoms with Crippen LogP contribution in [0.2, 0.25) is 0 Å². The van der Waals surface area contributed by atoms with Crippen LogP contribution in [0.4, 0.5) is 11.6 Å². The van der Waals surface area contributed by atoms with Crippen LogP contribution in [0.1, 0.15) is 155 Å². The van der Waals surface area contributed by atoms with E-state index >= 15 is 0 Å². The SMILES string of the molecule is C1=CCC(c2sc3c(ccc4c3c3c(n4C4=NC(c5ccc(C6=CC(C7=CCC(c8cc(C9=CCCC=C9)nc(N9c%10ccc%11c(C%12=CCCC=C%12)c(-c%12ccccc%12)sc%11c%10C%10C=CC=CC%109)n8)C=C7)CC=C6)cc5)CC(c5ccc(-c6ccccc6)cc5)=C4)CCC=C3)c2C2C=CC=CC2)C=C1. The van der Waals surface area contributed by atoms with Crippen molar-refractivity contribution in [1.82, 2.24) is 14.5 Å². The lowest BCUT2D eigenvalue weighted by atomic mass is 9.82. The summed E-state index contributed by atoms with van der Waals surface area (Å²) in [6.07, 6.45) is 74.4. The minimum atomic E-state index is -0.0844. The van der Waals surface area contributed by atoms with Crippen LogP contribution in [0.5, 0.6) is 0 Å². The van der Waals surface area contributed by atoms with Gasteiger partial charge in [-0.2, -0.15) is 0 Å². The molecule has 0 saturated heterocycles. The molecule has 8 aliphatic carbocycles. The van der Waals surface area contributed by atoms with Crippen LogP contribution in [-0.4, -0.2) is 26.4 Å². The summed E-state index contributed by atoms with van der Waals surface area (Å²) in [6.45, 7) is 0. The summed E-state index contributed by atoms with van der Waals surface area (Å²) < 4.78 is 5.32. The smallest absolute Gasteiger partial charge is 0.231 e. The van der Waals surface area contributed by atoms with Crippen molar-refractivity contribution >= 4 is 99.6 Å². The number of aromatic nitrogens is 3. The van der Waals surface area contributed by atoms with Gasteiger partial charge in [0, 0.05) is 87.6 Å². The normalized spacial score (nSPS) is 22.8. The number of thiophene rings is 2. The molecule has 10 aliphatic rings. The van der Waals surface area contributed by atoms with Gasteiger partial charge in [0.15, 0.2) is 0 Å². The van der Waals surface area contributed by atoms with Gasteiger partial charge in [-0.25, -0.2) is 9.97 Å². The van der Waals surface area contributed by atoms with Crippen molar-refractivity contribution in [3.63, 3.8) is 0 Å². The topological polar surface area (TPSA) is 46.3 Å². The lowest BCUT2D eigenvalue weighted by molar-refractivity contribution is 0.716. The third-order valence-electron chi connectivity index (χ3n) is 23.2. The number of dihydropyridines is 1. The highest BCUT2D eigenvalue weighted by Crippen LogP contribution is 2.56. The summed E-state index contributed by atoms with van der Waals surface area (Å²) in [5.41, 5.74) is 25.3. The quantitative estimate of drug-likeness (QED) is 0.122. The minimum absolute atomic E-state index is 0.0442. The Morgan fingerprint density at radius 1 is 0.481 bits per heavy atom. The number of aliphatic imine (C=N–C) groups is 1. The maximum Gasteiger partial charge on any atom is 0.231 e. The molecule has 2 aliphatic heterocycles. The molecule has 104 heavy (non-hydrogen) atoms. The van der Waals surface area contributed by atoms with E-state index in [2.05, 4.69) is 313 Å². The Morgan fingerprint density at radius 2 is 1.19 bits per heavy atom. The van der Waals surface area contributed by atoms with Gasteiger partial charge < -0.3 is 4.90 Å². The minimum Gasteiger partial charge on any atom is -0.302 e. The predicted molar refractivity (Wildman–Crippen MR) is 441 cm³/mol. The van der Waals surface area contributed by atoms with Crippen molar-refractivity contribution in [3.05, 3.63) is 364 Å². The van der Waals surface area contributed by atoms with Crippen LogP contribution in [0.3, 0.4) is 0 Å². The van der Waals surface area contributed by atoms with E-state index in [1.54, 1.807) is 0 Å². The number of benzene rings is 6. The van der Waals surface area contributed by atoms with E-state index in [4.69, 9.17) is 15.0 Å². The van der Waals surface area contributed by atoms with Gasteiger partial charge >= 0.3 is 0 Å². The number of allylic oxidation sites excluding steroid dienone is 28. The Bertz CT molecular complexity index is 5730. The highest BCUT2D eigenvalue weighted by atomic mass is 32.1. The average molecular weight is 1380 g/mol. The van der Waals surface area contributed by atoms with E-state index in [0.717, 1.165) is 93.8 Å². The maximum atomic E-state index is 5.88. The van der Waals surface area contributed by atoms with E-state index in [1.807, 2.05) is 22.7 Å². The Kier molecular flexibility index (Phi) is 16.2. The number of hydrogen-bond acceptors (Lipinski definition) is 6. The van der Waals surface area contributed by atoms with Crippen LogP contribution >= 0.6 is 22.7 Å². The largest absolute Gasteiger partial charge is 0.302 e. The van der Waals surface area contributed by atoms with Gasteiger partial charge in [-0.05, 0) is 167 Å². The highest BCUT2D eigenvalue weighted by molar-refractivity contribution is 7.23. The molecule has 5 nitrogen and oxygen atoms in total. The third-order valence-corrected chi connectivity index (χ3v) is 25.8. The second kappa shape index (κ2) is 26.8. The van der Waals surface area contributed by atoms with Crippen LogP contribution in [0, 0.1) is 5.92 Å². The van der Waals surface area contributed by atoms with E-state index < -0.39 is 0 Å². The zero-order valence-electron chi connectivity index (χ0n) is 58.2. The molecule has 0 spiro atoms. The first-order valence-corrected chi connectivity index (χ1v) is 39.4. The summed E-state index contributed by atoms with van der Waals surface area (Å²) in [5.74, 6) is 3.02. The molecule has 7 atom stereocenters. The van der Waals surface area contributed by atoms with E-state index in [1.165, 1.54) is 136 Å². The second-order valence-electron chi connectivity index (χ2n) is 29.3. The molecule has 6 heterocycles. The highest BCUT2D eigenvalue weighted by Gasteiger charge is 2.42. The summed E-state index contributed by atoms with van der Waals surface area (Å²) in [6, 6.07) is 52.3. The van der Waals surface area contributed by atoms with E-state index in [0.29, 0.717) is 11.8 Å². The van der Waals surface area contributed by atoms with E-state index in [-0.39, 0.29) is 29.8 Å². The van der Waals surface area contributed by atoms with Crippen LogP contribution in [0.15, 0.2) is 308 Å². The maximum absolute atomic E-state index is 5.88. The average Bonchev–Trinajstić information content (AvgIpc) is 1.56. The van der Waals surface area contributed by atoms with Crippen molar-refractivity contribution in [1.29, 1.82) is 0 Å². The van der Waals surface area contributed by atoms with Gasteiger partial charge in [0.05, 0.1) is 29.0 Å². The zero-order valence-corrected chi connectivity index (χ0v) is 59.9. The molecular weight excluding hydrogens is 1300 g/mol.